The Bertz CT molecular complexity index is 3140. The van der Waals surface area contributed by atoms with E-state index in [4.69, 9.17) is 0 Å². The van der Waals surface area contributed by atoms with Crippen molar-refractivity contribution in [2.24, 2.45) is 0 Å². The highest BCUT2D eigenvalue weighted by atomic mass is 14.3. The summed E-state index contributed by atoms with van der Waals surface area (Å²) in [4.78, 5) is 0. The maximum Gasteiger partial charge on any atom is 0.139 e. The van der Waals surface area contributed by atoms with E-state index in [1.165, 1.54) is 180 Å². The smallest absolute Gasteiger partial charge is 0.101 e. The van der Waals surface area contributed by atoms with Crippen molar-refractivity contribution < 1.29 is 0 Å². The first-order chi connectivity index (χ1) is 27.8. The summed E-state index contributed by atoms with van der Waals surface area (Å²) in [5.41, 5.74) is 34.9. The van der Waals surface area contributed by atoms with E-state index >= 15 is 0 Å². The van der Waals surface area contributed by atoms with Gasteiger partial charge in [-0.25, -0.2) is 0 Å². The van der Waals surface area contributed by atoms with Crippen molar-refractivity contribution in [2.75, 3.05) is 0 Å². The molecule has 0 spiro atoms. The Balaban J connectivity index is 1.64. The summed E-state index contributed by atoms with van der Waals surface area (Å²) < 4.78 is 0. The second kappa shape index (κ2) is 14.6. The van der Waals surface area contributed by atoms with Crippen LogP contribution in [0.5, 0.6) is 0 Å². The number of hydrogen-bond donors (Lipinski definition) is 0. The molecule has 8 aromatic carbocycles. The molecule has 0 aliphatic carbocycles. The molecule has 59 heavy (non-hydrogen) atoms. The van der Waals surface area contributed by atoms with Gasteiger partial charge in [0.25, 0.3) is 0 Å². The van der Waals surface area contributed by atoms with Gasteiger partial charge in [-0.3, -0.25) is 0 Å². The summed E-state index contributed by atoms with van der Waals surface area (Å²) in [5, 5.41) is 11.1. The number of fused-ring (bicyclic) bond motifs is 4. The van der Waals surface area contributed by atoms with Crippen LogP contribution in [0.15, 0.2) is 42.5 Å². The van der Waals surface area contributed by atoms with Gasteiger partial charge < -0.3 is 0 Å². The Morgan fingerprint density at radius 2 is 0.492 bits per heavy atom. The lowest BCUT2D eigenvalue weighted by molar-refractivity contribution is 1.73. The zero-order chi connectivity index (χ0) is 43.0. The quantitative estimate of drug-likeness (QED) is 0.125. The molecule has 0 fully saturated rings. The third-order valence-corrected chi connectivity index (χ3v) is 16.4. The topological polar surface area (TPSA) is 0 Å². The van der Waals surface area contributed by atoms with Crippen LogP contribution in [-0.4, -0.2) is 149 Å². The number of hydrogen-bond acceptors (Lipinski definition) is 0. The van der Waals surface area contributed by atoms with E-state index in [-0.39, 0.29) is 0 Å². The molecule has 0 heterocycles. The molecule has 0 atom stereocenters. The molecule has 0 nitrogen and oxygen atoms in total. The first-order valence-corrected chi connectivity index (χ1v) is 21.8. The summed E-state index contributed by atoms with van der Waals surface area (Å²) in [6.07, 6.45) is 0. The molecule has 0 saturated heterocycles. The lowest BCUT2D eigenvalue weighted by atomic mass is 9.55. The molecular weight excluding hydrogens is 686 g/mol. The largest absolute Gasteiger partial charge is 0.139 e. The van der Waals surface area contributed by atoms with Gasteiger partial charge in [0.2, 0.25) is 0 Å². The third-order valence-electron chi connectivity index (χ3n) is 16.4. The molecule has 0 saturated carbocycles. The fourth-order valence-electron chi connectivity index (χ4n) is 11.3. The minimum absolute atomic E-state index is 1.28. The van der Waals surface area contributed by atoms with Crippen molar-refractivity contribution in [3.05, 3.63) is 42.5 Å². The zero-order valence-corrected chi connectivity index (χ0v) is 39.5. The van der Waals surface area contributed by atoms with E-state index in [0.29, 0.717) is 0 Å². The van der Waals surface area contributed by atoms with Crippen LogP contribution in [0.25, 0.3) is 76.5 Å². The van der Waals surface area contributed by atoms with Crippen LogP contribution in [-0.2, 0) is 0 Å². The van der Waals surface area contributed by atoms with Crippen LogP contribution < -0.4 is 104 Å². The Hall–Kier alpha value is -3.97. The van der Waals surface area contributed by atoms with Crippen LogP contribution in [0.1, 0.15) is 0 Å². The van der Waals surface area contributed by atoms with Gasteiger partial charge in [0.05, 0.1) is 0 Å². The molecule has 8 aromatic rings. The van der Waals surface area contributed by atoms with Crippen molar-refractivity contribution >= 4 is 296 Å². The Kier molecular flexibility index (Phi) is 10.3. The van der Waals surface area contributed by atoms with Gasteiger partial charge in [-0.15, -0.1) is 38.2 Å². The van der Waals surface area contributed by atoms with Crippen molar-refractivity contribution in [3.8, 4) is 33.4 Å². The van der Waals surface area contributed by atoms with E-state index in [9.17, 15) is 0 Å². The van der Waals surface area contributed by atoms with Crippen molar-refractivity contribution in [1.29, 1.82) is 0 Å². The lowest BCUT2D eigenvalue weighted by Gasteiger charge is -2.32. The molecule has 262 valence electrons. The molecule has 19 heteroatoms. The summed E-state index contributed by atoms with van der Waals surface area (Å²) in [7, 11) is 45.0. The second-order valence-corrected chi connectivity index (χ2v) is 18.6. The van der Waals surface area contributed by atoms with E-state index in [1.807, 2.05) is 0 Å². The fraction of sp³-hybridized carbons (Fsp3) is 0. The molecular formula is C40H45B19. The van der Waals surface area contributed by atoms with E-state index in [0.717, 1.165) is 0 Å². The molecule has 0 unspecified atom stereocenters. The average molecular weight is 731 g/mol. The molecule has 0 bridgehead atoms. The highest BCUT2D eigenvalue weighted by molar-refractivity contribution is 6.75. The molecule has 0 amide bonds. The van der Waals surface area contributed by atoms with Crippen LogP contribution in [0, 0.1) is 0 Å². The van der Waals surface area contributed by atoms with Crippen LogP contribution in [0.3, 0.4) is 0 Å². The fourth-order valence-corrected chi connectivity index (χ4v) is 11.3. The summed E-state index contributed by atoms with van der Waals surface area (Å²) in [6.45, 7) is 0. The van der Waals surface area contributed by atoms with Crippen LogP contribution in [0.4, 0.5) is 0 Å². The van der Waals surface area contributed by atoms with Gasteiger partial charge in [0.1, 0.15) is 149 Å². The van der Waals surface area contributed by atoms with E-state index in [1.54, 1.807) is 0 Å². The maximum atomic E-state index is 2.44. The highest BCUT2D eigenvalue weighted by Gasteiger charge is 2.29. The van der Waals surface area contributed by atoms with Crippen molar-refractivity contribution in [2.45, 2.75) is 0 Å². The minimum atomic E-state index is 1.28. The van der Waals surface area contributed by atoms with Gasteiger partial charge in [-0.05, 0) is 82.5 Å². The summed E-state index contributed by atoms with van der Waals surface area (Å²) in [5.74, 6) is 0. The molecule has 8 rings (SSSR count). The molecule has 0 aliphatic rings. The SMILES string of the molecule is Bc1c(B)c(-c2c3c(B)c(B)c(B)c(B)c3c(-c3ccc4ccccc4c3)c3c(B)c(B)c(B)c(B)c23)c(B)c(B)c1-c1c(B)c(B)c(B)c2c(B)c(B)c(B)c(B)c12. The number of benzene rings is 8. The summed E-state index contributed by atoms with van der Waals surface area (Å²) >= 11 is 0. The van der Waals surface area contributed by atoms with E-state index < -0.39 is 0 Å². The second-order valence-electron chi connectivity index (χ2n) is 18.6. The van der Waals surface area contributed by atoms with Gasteiger partial charge in [0.15, 0.2) is 0 Å². The predicted octanol–water partition coefficient (Wildman–Crippen LogP) is -21.8. The average Bonchev–Trinajstić information content (AvgIpc) is 3.22. The van der Waals surface area contributed by atoms with Crippen LogP contribution in [0.2, 0.25) is 0 Å². The zero-order valence-electron chi connectivity index (χ0n) is 39.5. The molecule has 0 aliphatic heterocycles. The van der Waals surface area contributed by atoms with Crippen molar-refractivity contribution in [3.63, 3.8) is 0 Å². The lowest BCUT2D eigenvalue weighted by Crippen LogP contribution is -2.53. The standard InChI is InChI=1S/C40H45B19/c41-22-13-11(10-6-5-8-3-1-2-4-9(8)7-10)14-16(25(44)38(57)36(55)23(14)42)12(15(13)24(43)37(56)35(22)54)19-28(47)30(49)20(31(50)29(19)48)17-18-21(32(51)34(53)26(17)45)33(52)40(59)39(58)27(18)46/h1-7H,41-59H2. The Morgan fingerprint density at radius 1 is 0.203 bits per heavy atom. The number of rotatable bonds is 3. The van der Waals surface area contributed by atoms with E-state index in [2.05, 4.69) is 192 Å². The molecule has 0 radical (unpaired) electrons. The Morgan fingerprint density at radius 3 is 0.898 bits per heavy atom. The van der Waals surface area contributed by atoms with Gasteiger partial charge in [-0.2, -0.15) is 0 Å². The van der Waals surface area contributed by atoms with Crippen molar-refractivity contribution in [1.82, 2.24) is 0 Å². The molecule has 0 aromatic heterocycles. The van der Waals surface area contributed by atoms with Gasteiger partial charge in [-0.1, -0.05) is 102 Å². The monoisotopic (exact) mass is 735 g/mol. The normalized spacial score (nSPS) is 11.7. The van der Waals surface area contributed by atoms with Gasteiger partial charge >= 0.3 is 0 Å². The maximum absolute atomic E-state index is 2.44. The minimum Gasteiger partial charge on any atom is -0.101 e. The highest BCUT2D eigenvalue weighted by Crippen LogP contribution is 2.40. The Labute approximate surface area is 369 Å². The molecule has 0 N–H and O–H groups in total. The van der Waals surface area contributed by atoms with Crippen LogP contribution >= 0.6 is 0 Å². The third kappa shape index (κ3) is 5.71. The summed E-state index contributed by atoms with van der Waals surface area (Å²) in [6, 6.07) is 16.0. The first kappa shape index (κ1) is 41.8. The first-order valence-electron chi connectivity index (χ1n) is 21.8. The van der Waals surface area contributed by atoms with Gasteiger partial charge in [0, 0.05) is 0 Å². The predicted molar refractivity (Wildman–Crippen MR) is 328 cm³/mol.